The zero-order valence-electron chi connectivity index (χ0n) is 13.7. The maximum atomic E-state index is 11.9. The molecule has 4 nitrogen and oxygen atoms in total. The zero-order valence-corrected chi connectivity index (χ0v) is 13.7. The van der Waals surface area contributed by atoms with E-state index in [2.05, 4.69) is 22.2 Å². The van der Waals surface area contributed by atoms with Gasteiger partial charge in [0.05, 0.1) is 19.1 Å². The third-order valence-corrected chi connectivity index (χ3v) is 3.78. The van der Waals surface area contributed by atoms with Crippen LogP contribution in [0.4, 0.5) is 5.82 Å². The highest BCUT2D eigenvalue weighted by Gasteiger charge is 2.38. The Morgan fingerprint density at radius 3 is 2.59 bits per heavy atom. The second-order valence-electron chi connectivity index (χ2n) is 5.64. The fourth-order valence-corrected chi connectivity index (χ4v) is 2.22. The van der Waals surface area contributed by atoms with E-state index in [1.165, 1.54) is 0 Å². The van der Waals surface area contributed by atoms with Crippen LogP contribution in [0.25, 0.3) is 11.0 Å². The lowest BCUT2D eigenvalue weighted by molar-refractivity contribution is 0.101. The van der Waals surface area contributed by atoms with Gasteiger partial charge in [-0.3, -0.25) is 4.79 Å². The Hall–Kier alpha value is -1.91. The molecule has 2 aromatic rings. The largest absolute Gasteiger partial charge is 0.363 e. The van der Waals surface area contributed by atoms with E-state index in [1.54, 1.807) is 6.07 Å². The van der Waals surface area contributed by atoms with Crippen LogP contribution in [0.2, 0.25) is 6.32 Å². The number of nitrogens with one attached hydrogen (secondary N) is 1. The van der Waals surface area contributed by atoms with Crippen molar-refractivity contribution in [3.05, 3.63) is 29.5 Å². The Morgan fingerprint density at radius 2 is 2.00 bits per heavy atom. The highest BCUT2D eigenvalue weighted by Crippen LogP contribution is 2.38. The van der Waals surface area contributed by atoms with Gasteiger partial charge in [0.2, 0.25) is 0 Å². The molecular weight excluding hydrogens is 273 g/mol. The van der Waals surface area contributed by atoms with Crippen LogP contribution < -0.4 is 5.32 Å². The molecule has 1 N–H and O–H groups in total. The third kappa shape index (κ3) is 3.29. The van der Waals surface area contributed by atoms with Gasteiger partial charge in [0.15, 0.2) is 5.78 Å². The first-order valence-electron chi connectivity index (χ1n) is 7.81. The standard InChI is InChI=1S/C15H16BN3O.C2H6/c1-9-14(19-15(2)6-7-15)18-13-10(12(20)8-16)4-3-5-11(13)17-9;1-2/h3-5H,6-8H2,1-2H3,(H,18,19);1-2H3. The van der Waals surface area contributed by atoms with E-state index in [4.69, 9.17) is 7.85 Å². The van der Waals surface area contributed by atoms with Crippen LogP contribution in [0.5, 0.6) is 0 Å². The predicted octanol–water partition coefficient (Wildman–Crippen LogP) is 3.70. The molecule has 0 bridgehead atoms. The first-order valence-corrected chi connectivity index (χ1v) is 7.81. The van der Waals surface area contributed by atoms with Crippen molar-refractivity contribution in [2.75, 3.05) is 5.32 Å². The minimum Gasteiger partial charge on any atom is -0.363 e. The molecule has 1 fully saturated rings. The molecule has 1 aliphatic carbocycles. The summed E-state index contributed by atoms with van der Waals surface area (Å²) in [5, 5.41) is 3.42. The van der Waals surface area contributed by atoms with Crippen LogP contribution >= 0.6 is 0 Å². The van der Waals surface area contributed by atoms with Crippen molar-refractivity contribution >= 4 is 30.5 Å². The van der Waals surface area contributed by atoms with Gasteiger partial charge in [-0.25, -0.2) is 9.97 Å². The number of fused-ring (bicyclic) bond motifs is 1. The number of nitrogens with zero attached hydrogens (tertiary/aromatic N) is 2. The molecule has 0 atom stereocenters. The maximum absolute atomic E-state index is 11.9. The molecule has 1 heterocycles. The normalized spacial score (nSPS) is 14.9. The summed E-state index contributed by atoms with van der Waals surface area (Å²) < 4.78 is 0. The fourth-order valence-electron chi connectivity index (χ4n) is 2.22. The second kappa shape index (κ2) is 6.47. The van der Waals surface area contributed by atoms with Crippen molar-refractivity contribution in [3.63, 3.8) is 0 Å². The average Bonchev–Trinajstić information content (AvgIpc) is 3.26. The number of aromatic nitrogens is 2. The smallest absolute Gasteiger partial charge is 0.156 e. The summed E-state index contributed by atoms with van der Waals surface area (Å²) >= 11 is 0. The first-order chi connectivity index (χ1) is 10.5. The Labute approximate surface area is 133 Å². The molecular formula is C17H22BN3O. The van der Waals surface area contributed by atoms with Gasteiger partial charge in [0.1, 0.15) is 11.3 Å². The van der Waals surface area contributed by atoms with Crippen LogP contribution in [-0.4, -0.2) is 29.1 Å². The molecule has 1 aromatic heterocycles. The highest BCUT2D eigenvalue weighted by molar-refractivity contribution is 6.25. The van der Waals surface area contributed by atoms with Gasteiger partial charge in [-0.2, -0.15) is 0 Å². The van der Waals surface area contributed by atoms with Gasteiger partial charge < -0.3 is 5.32 Å². The van der Waals surface area contributed by atoms with Crippen LogP contribution in [0.15, 0.2) is 18.2 Å². The van der Waals surface area contributed by atoms with Gasteiger partial charge in [-0.05, 0) is 45.1 Å². The number of Topliss-reactive ketones (excluding diaryl/α,β-unsaturated/α-hetero) is 1. The van der Waals surface area contributed by atoms with Gasteiger partial charge in [-0.1, -0.05) is 19.9 Å². The number of carbonyl (C=O) groups is 1. The number of rotatable bonds is 4. The van der Waals surface area contributed by atoms with Crippen molar-refractivity contribution in [3.8, 4) is 0 Å². The first kappa shape index (κ1) is 16.5. The van der Waals surface area contributed by atoms with E-state index in [9.17, 15) is 4.79 Å². The van der Waals surface area contributed by atoms with Gasteiger partial charge in [0, 0.05) is 11.1 Å². The van der Waals surface area contributed by atoms with E-state index in [0.717, 1.165) is 29.9 Å². The van der Waals surface area contributed by atoms with E-state index in [1.807, 2.05) is 32.9 Å². The van der Waals surface area contributed by atoms with E-state index in [0.29, 0.717) is 11.1 Å². The molecule has 0 spiro atoms. The van der Waals surface area contributed by atoms with Crippen molar-refractivity contribution in [1.29, 1.82) is 0 Å². The molecule has 22 heavy (non-hydrogen) atoms. The topological polar surface area (TPSA) is 54.9 Å². The van der Waals surface area contributed by atoms with Crippen molar-refractivity contribution < 1.29 is 4.79 Å². The quantitative estimate of drug-likeness (QED) is 0.690. The summed E-state index contributed by atoms with van der Waals surface area (Å²) in [4.78, 5) is 21.1. The van der Waals surface area contributed by atoms with Gasteiger partial charge in [0.25, 0.3) is 0 Å². The molecule has 0 amide bonds. The lowest BCUT2D eigenvalue weighted by Crippen LogP contribution is -2.18. The summed E-state index contributed by atoms with van der Waals surface area (Å²) in [5.41, 5.74) is 2.87. The second-order valence-corrected chi connectivity index (χ2v) is 5.64. The molecule has 114 valence electrons. The van der Waals surface area contributed by atoms with Crippen LogP contribution in [-0.2, 0) is 0 Å². The van der Waals surface area contributed by atoms with Crippen LogP contribution in [0.3, 0.4) is 0 Å². The summed E-state index contributed by atoms with van der Waals surface area (Å²) in [6.07, 6.45) is 2.25. The highest BCUT2D eigenvalue weighted by atomic mass is 16.1. The van der Waals surface area contributed by atoms with E-state index in [-0.39, 0.29) is 17.6 Å². The number of benzene rings is 1. The summed E-state index contributed by atoms with van der Waals surface area (Å²) in [5.74, 6) is 0.645. The lowest BCUT2D eigenvalue weighted by atomic mass is 9.95. The molecule has 0 saturated heterocycles. The molecule has 5 heteroatoms. The van der Waals surface area contributed by atoms with Crippen molar-refractivity contribution in [2.45, 2.75) is 52.4 Å². The molecule has 1 aliphatic rings. The van der Waals surface area contributed by atoms with Crippen molar-refractivity contribution in [2.24, 2.45) is 0 Å². The van der Waals surface area contributed by atoms with Crippen LogP contribution in [0.1, 0.15) is 49.7 Å². The summed E-state index contributed by atoms with van der Waals surface area (Å²) in [6, 6.07) is 5.43. The Kier molecular flexibility index (Phi) is 4.84. The molecule has 0 unspecified atom stereocenters. The van der Waals surface area contributed by atoms with E-state index < -0.39 is 0 Å². The minimum absolute atomic E-state index is 0.0187. The number of hydrogen-bond donors (Lipinski definition) is 1. The molecule has 3 rings (SSSR count). The number of ketones is 1. The minimum atomic E-state index is -0.114. The third-order valence-electron chi connectivity index (χ3n) is 3.78. The van der Waals surface area contributed by atoms with Gasteiger partial charge >= 0.3 is 0 Å². The molecule has 2 radical (unpaired) electrons. The summed E-state index contributed by atoms with van der Waals surface area (Å²) in [6.45, 7) is 8.09. The zero-order chi connectivity index (χ0) is 16.3. The molecule has 1 aromatic carbocycles. The fraction of sp³-hybridized carbons (Fsp3) is 0.471. The number of anilines is 1. The van der Waals surface area contributed by atoms with Crippen LogP contribution in [0, 0.1) is 6.92 Å². The van der Waals surface area contributed by atoms with Gasteiger partial charge in [-0.15, -0.1) is 0 Å². The Morgan fingerprint density at radius 1 is 1.32 bits per heavy atom. The number of hydrogen-bond acceptors (Lipinski definition) is 4. The molecule has 1 saturated carbocycles. The monoisotopic (exact) mass is 295 g/mol. The van der Waals surface area contributed by atoms with E-state index >= 15 is 0 Å². The summed E-state index contributed by atoms with van der Waals surface area (Å²) in [7, 11) is 5.46. The number of carbonyl (C=O) groups excluding carboxylic acids is 1. The Balaban J connectivity index is 0.000000847. The molecule has 0 aliphatic heterocycles. The SMILES string of the molecule is CC.[B]CC(=O)c1cccc2nc(C)c(NC3(C)CC3)nc12. The number of para-hydroxylation sites is 1. The number of aryl methyl sites for hydroxylation is 1. The maximum Gasteiger partial charge on any atom is 0.156 e. The van der Waals surface area contributed by atoms with Crippen molar-refractivity contribution in [1.82, 2.24) is 9.97 Å². The Bertz CT molecular complexity index is 696. The predicted molar refractivity (Wildman–Crippen MR) is 91.8 cm³/mol. The lowest BCUT2D eigenvalue weighted by Gasteiger charge is -2.15. The average molecular weight is 295 g/mol.